The van der Waals surface area contributed by atoms with Crippen LogP contribution in [0.3, 0.4) is 0 Å². The number of anilines is 1. The Labute approximate surface area is 204 Å². The fourth-order valence-corrected chi connectivity index (χ4v) is 3.97. The lowest BCUT2D eigenvalue weighted by Gasteiger charge is -2.31. The van der Waals surface area contributed by atoms with Crippen molar-refractivity contribution >= 4 is 27.5 Å². The largest absolute Gasteiger partial charge is 0.497 e. The van der Waals surface area contributed by atoms with E-state index >= 15 is 0 Å². The van der Waals surface area contributed by atoms with Gasteiger partial charge in [-0.3, -0.25) is 4.79 Å². The SMILES string of the molecule is COc1ccc(N[C@H](c2cccc(OC)c2)[C@H](Cc2ccccc2Br)NC(=O)C(F)(F)F)cc1. The number of amides is 1. The molecule has 3 aromatic carbocycles. The van der Waals surface area contributed by atoms with E-state index in [0.29, 0.717) is 22.7 Å². The minimum absolute atomic E-state index is 0.133. The Hall–Kier alpha value is -3.20. The molecule has 0 aliphatic heterocycles. The predicted octanol–water partition coefficient (Wildman–Crippen LogP) is 5.91. The Kier molecular flexibility index (Phi) is 8.44. The van der Waals surface area contributed by atoms with Crippen molar-refractivity contribution in [2.45, 2.75) is 24.7 Å². The van der Waals surface area contributed by atoms with Crippen molar-refractivity contribution in [3.05, 3.63) is 88.4 Å². The number of hydrogen-bond acceptors (Lipinski definition) is 4. The molecule has 1 amide bonds. The van der Waals surface area contributed by atoms with E-state index in [9.17, 15) is 18.0 Å². The van der Waals surface area contributed by atoms with E-state index in [1.807, 2.05) is 6.07 Å². The molecule has 180 valence electrons. The van der Waals surface area contributed by atoms with Gasteiger partial charge in [-0.1, -0.05) is 46.3 Å². The summed E-state index contributed by atoms with van der Waals surface area (Å²) in [5, 5.41) is 5.48. The van der Waals surface area contributed by atoms with Crippen LogP contribution in [0.5, 0.6) is 11.5 Å². The van der Waals surface area contributed by atoms with Gasteiger partial charge in [0.25, 0.3) is 0 Å². The van der Waals surface area contributed by atoms with Gasteiger partial charge in [0.15, 0.2) is 0 Å². The molecular weight excluding hydrogens is 513 g/mol. The van der Waals surface area contributed by atoms with E-state index in [-0.39, 0.29) is 6.42 Å². The van der Waals surface area contributed by atoms with Crippen LogP contribution in [0.25, 0.3) is 0 Å². The number of benzene rings is 3. The van der Waals surface area contributed by atoms with Crippen molar-refractivity contribution in [2.75, 3.05) is 19.5 Å². The molecule has 0 saturated carbocycles. The monoisotopic (exact) mass is 536 g/mol. The summed E-state index contributed by atoms with van der Waals surface area (Å²) < 4.78 is 51.0. The number of nitrogens with one attached hydrogen (secondary N) is 2. The lowest BCUT2D eigenvalue weighted by Crippen LogP contribution is -2.48. The first-order valence-corrected chi connectivity index (χ1v) is 11.2. The van der Waals surface area contributed by atoms with Crippen molar-refractivity contribution < 1.29 is 27.4 Å². The summed E-state index contributed by atoms with van der Waals surface area (Å²) in [6.45, 7) is 0. The number of carbonyl (C=O) groups excluding carboxylic acids is 1. The van der Waals surface area contributed by atoms with Crippen LogP contribution in [-0.2, 0) is 11.2 Å². The third kappa shape index (κ3) is 6.66. The quantitative estimate of drug-likeness (QED) is 0.357. The molecule has 0 spiro atoms. The van der Waals surface area contributed by atoms with Gasteiger partial charge < -0.3 is 20.1 Å². The fraction of sp³-hybridized carbons (Fsp3) is 0.240. The van der Waals surface area contributed by atoms with E-state index in [1.165, 1.54) is 7.11 Å². The zero-order chi connectivity index (χ0) is 24.7. The van der Waals surface area contributed by atoms with E-state index in [0.717, 1.165) is 10.0 Å². The third-order valence-electron chi connectivity index (χ3n) is 5.24. The van der Waals surface area contributed by atoms with Crippen LogP contribution in [0.15, 0.2) is 77.3 Å². The molecular formula is C25H24BrF3N2O3. The Balaban J connectivity index is 2.05. The molecule has 0 fully saturated rings. The second kappa shape index (κ2) is 11.3. The van der Waals surface area contributed by atoms with Crippen molar-refractivity contribution in [2.24, 2.45) is 0 Å². The van der Waals surface area contributed by atoms with Crippen LogP contribution in [0.2, 0.25) is 0 Å². The topological polar surface area (TPSA) is 59.6 Å². The van der Waals surface area contributed by atoms with Crippen LogP contribution in [0.4, 0.5) is 18.9 Å². The Morgan fingerprint density at radius 1 is 0.941 bits per heavy atom. The van der Waals surface area contributed by atoms with Crippen molar-refractivity contribution in [3.63, 3.8) is 0 Å². The number of rotatable bonds is 9. The van der Waals surface area contributed by atoms with Crippen molar-refractivity contribution in [1.29, 1.82) is 0 Å². The second-order valence-electron chi connectivity index (χ2n) is 7.50. The van der Waals surface area contributed by atoms with Gasteiger partial charge in [0.05, 0.1) is 26.3 Å². The van der Waals surface area contributed by atoms with Gasteiger partial charge in [-0.05, 0) is 60.0 Å². The highest BCUT2D eigenvalue weighted by atomic mass is 79.9. The molecule has 0 saturated heterocycles. The normalized spacial score (nSPS) is 13.0. The van der Waals surface area contributed by atoms with Gasteiger partial charge in [0.1, 0.15) is 11.5 Å². The zero-order valence-corrected chi connectivity index (χ0v) is 20.1. The lowest BCUT2D eigenvalue weighted by atomic mass is 9.93. The number of carbonyl (C=O) groups is 1. The summed E-state index contributed by atoms with van der Waals surface area (Å²) in [4.78, 5) is 12.0. The van der Waals surface area contributed by atoms with Gasteiger partial charge >= 0.3 is 12.1 Å². The summed E-state index contributed by atoms with van der Waals surface area (Å²) >= 11 is 3.45. The maximum atomic E-state index is 13.2. The summed E-state index contributed by atoms with van der Waals surface area (Å²) in [6, 6.07) is 19.5. The average molecular weight is 537 g/mol. The molecule has 0 aliphatic rings. The van der Waals surface area contributed by atoms with Gasteiger partial charge in [0.2, 0.25) is 0 Å². The van der Waals surface area contributed by atoms with Crippen LogP contribution in [-0.4, -0.2) is 32.3 Å². The van der Waals surface area contributed by atoms with E-state index in [2.05, 4.69) is 26.6 Å². The minimum atomic E-state index is -5.02. The summed E-state index contributed by atoms with van der Waals surface area (Å²) in [5.74, 6) is -0.826. The first kappa shape index (κ1) is 25.4. The molecule has 9 heteroatoms. The standard InChI is InChI=1S/C25H24BrF3N2O3/c1-33-19-12-10-18(11-13-19)30-23(17-7-5-8-20(14-17)34-2)22(31-24(32)25(27,28)29)15-16-6-3-4-9-21(16)26/h3-14,22-23,30H,15H2,1-2H3,(H,31,32)/t22-,23+/m0/s1. The van der Waals surface area contributed by atoms with E-state index in [1.54, 1.807) is 73.8 Å². The Morgan fingerprint density at radius 2 is 1.62 bits per heavy atom. The minimum Gasteiger partial charge on any atom is -0.497 e. The Morgan fingerprint density at radius 3 is 2.24 bits per heavy atom. The zero-order valence-electron chi connectivity index (χ0n) is 18.5. The van der Waals surface area contributed by atoms with Gasteiger partial charge in [-0.2, -0.15) is 13.2 Å². The molecule has 5 nitrogen and oxygen atoms in total. The molecule has 34 heavy (non-hydrogen) atoms. The molecule has 0 unspecified atom stereocenters. The molecule has 3 rings (SSSR count). The molecule has 0 aliphatic carbocycles. The van der Waals surface area contributed by atoms with Gasteiger partial charge in [-0.15, -0.1) is 0 Å². The third-order valence-corrected chi connectivity index (χ3v) is 6.01. The summed E-state index contributed by atoms with van der Waals surface area (Å²) in [7, 11) is 3.05. The van der Waals surface area contributed by atoms with Gasteiger partial charge in [0, 0.05) is 10.2 Å². The molecule has 0 aromatic heterocycles. The number of alkyl halides is 3. The summed E-state index contributed by atoms with van der Waals surface area (Å²) in [6.07, 6.45) is -4.89. The Bertz CT molecular complexity index is 1110. The second-order valence-corrected chi connectivity index (χ2v) is 8.35. The highest BCUT2D eigenvalue weighted by molar-refractivity contribution is 9.10. The molecule has 0 heterocycles. The van der Waals surface area contributed by atoms with Crippen molar-refractivity contribution in [1.82, 2.24) is 5.32 Å². The molecule has 3 aromatic rings. The summed E-state index contributed by atoms with van der Waals surface area (Å²) in [5.41, 5.74) is 2.04. The molecule has 0 bridgehead atoms. The van der Waals surface area contributed by atoms with Crippen molar-refractivity contribution in [3.8, 4) is 11.5 Å². The molecule has 2 atom stereocenters. The van der Waals surface area contributed by atoms with Crippen LogP contribution in [0.1, 0.15) is 17.2 Å². The van der Waals surface area contributed by atoms with E-state index < -0.39 is 24.2 Å². The number of hydrogen-bond donors (Lipinski definition) is 2. The highest BCUT2D eigenvalue weighted by Crippen LogP contribution is 2.30. The maximum Gasteiger partial charge on any atom is 0.471 e. The average Bonchev–Trinajstić information content (AvgIpc) is 2.83. The highest BCUT2D eigenvalue weighted by Gasteiger charge is 2.41. The number of ether oxygens (including phenoxy) is 2. The fourth-order valence-electron chi connectivity index (χ4n) is 3.52. The lowest BCUT2D eigenvalue weighted by molar-refractivity contribution is -0.174. The first-order valence-electron chi connectivity index (χ1n) is 10.4. The molecule has 0 radical (unpaired) electrons. The smallest absolute Gasteiger partial charge is 0.471 e. The van der Waals surface area contributed by atoms with Crippen LogP contribution < -0.4 is 20.1 Å². The van der Waals surface area contributed by atoms with Crippen LogP contribution in [0, 0.1) is 0 Å². The van der Waals surface area contributed by atoms with Crippen LogP contribution >= 0.6 is 15.9 Å². The number of halogens is 4. The number of methoxy groups -OCH3 is 2. The van der Waals surface area contributed by atoms with Gasteiger partial charge in [-0.25, -0.2) is 0 Å². The first-order chi connectivity index (χ1) is 16.2. The van der Waals surface area contributed by atoms with E-state index in [4.69, 9.17) is 9.47 Å². The predicted molar refractivity (Wildman–Crippen MR) is 128 cm³/mol. The maximum absolute atomic E-state index is 13.2. The molecule has 2 N–H and O–H groups in total.